The van der Waals surface area contributed by atoms with Crippen LogP contribution in [-0.2, 0) is 4.79 Å². The van der Waals surface area contributed by atoms with Crippen molar-refractivity contribution in [1.82, 2.24) is 5.32 Å². The van der Waals surface area contributed by atoms with Gasteiger partial charge in [-0.25, -0.2) is 0 Å². The maximum atomic E-state index is 13.1. The predicted octanol–water partition coefficient (Wildman–Crippen LogP) is 6.01. The Morgan fingerprint density at radius 3 is 2.19 bits per heavy atom. The molecule has 4 aromatic carbocycles. The van der Waals surface area contributed by atoms with Crippen molar-refractivity contribution >= 4 is 50.3 Å². The van der Waals surface area contributed by atoms with Crippen molar-refractivity contribution in [3.05, 3.63) is 118 Å². The molecule has 0 aliphatic carbocycles. The molecule has 0 spiro atoms. The first-order valence-corrected chi connectivity index (χ1v) is 10.5. The van der Waals surface area contributed by atoms with Crippen molar-refractivity contribution in [3.8, 4) is 0 Å². The molecule has 4 aromatic rings. The molecule has 2 N–H and O–H groups in total. The third-order valence-corrected chi connectivity index (χ3v) is 5.28. The van der Waals surface area contributed by atoms with Gasteiger partial charge in [-0.05, 0) is 58.8 Å². The number of hydrogen-bond donors (Lipinski definition) is 2. The van der Waals surface area contributed by atoms with Crippen LogP contribution in [0.25, 0.3) is 16.8 Å². The topological polar surface area (TPSA) is 58.2 Å². The highest BCUT2D eigenvalue weighted by molar-refractivity contribution is 9.10. The fraction of sp³-hybridized carbons (Fsp3) is 0. The van der Waals surface area contributed by atoms with Gasteiger partial charge in [0.1, 0.15) is 5.70 Å². The molecule has 0 radical (unpaired) electrons. The molecule has 0 heterocycles. The van der Waals surface area contributed by atoms with Crippen LogP contribution in [0.4, 0.5) is 5.69 Å². The highest BCUT2D eigenvalue weighted by atomic mass is 79.9. The summed E-state index contributed by atoms with van der Waals surface area (Å²) in [4.78, 5) is 25.9. The second-order valence-corrected chi connectivity index (χ2v) is 7.82. The average Bonchev–Trinajstić information content (AvgIpc) is 2.81. The van der Waals surface area contributed by atoms with Gasteiger partial charge < -0.3 is 10.6 Å². The van der Waals surface area contributed by atoms with E-state index in [0.29, 0.717) is 11.3 Å². The number of nitrogens with one attached hydrogen (secondary N) is 2. The molecule has 0 atom stereocenters. The molecular formula is C26H19BrN2O2. The fourth-order valence-electron chi connectivity index (χ4n) is 3.21. The lowest BCUT2D eigenvalue weighted by atomic mass is 10.0. The lowest BCUT2D eigenvalue weighted by Crippen LogP contribution is -2.30. The maximum absolute atomic E-state index is 13.1. The van der Waals surface area contributed by atoms with E-state index in [-0.39, 0.29) is 11.6 Å². The molecule has 0 aliphatic rings. The zero-order chi connectivity index (χ0) is 21.6. The fourth-order valence-corrected chi connectivity index (χ4v) is 3.47. The number of rotatable bonds is 5. The molecule has 152 valence electrons. The maximum Gasteiger partial charge on any atom is 0.272 e. The minimum absolute atomic E-state index is 0.160. The third-order valence-electron chi connectivity index (χ3n) is 4.75. The van der Waals surface area contributed by atoms with E-state index in [2.05, 4.69) is 26.6 Å². The van der Waals surface area contributed by atoms with Gasteiger partial charge in [0, 0.05) is 15.7 Å². The van der Waals surface area contributed by atoms with Crippen molar-refractivity contribution in [3.63, 3.8) is 0 Å². The Bertz CT molecular complexity index is 1260. The minimum atomic E-state index is -0.403. The molecule has 5 heteroatoms. The summed E-state index contributed by atoms with van der Waals surface area (Å²) in [7, 11) is 0. The number of fused-ring (bicyclic) bond motifs is 1. The SMILES string of the molecule is O=C(Nc1ccc(Br)cc1)/C(=C/c1cccc2ccccc12)NC(=O)c1ccccc1. The summed E-state index contributed by atoms with van der Waals surface area (Å²) >= 11 is 3.39. The Morgan fingerprint density at radius 1 is 0.742 bits per heavy atom. The third kappa shape index (κ3) is 5.08. The van der Waals surface area contributed by atoms with E-state index in [0.717, 1.165) is 20.8 Å². The number of carbonyl (C=O) groups excluding carboxylic acids is 2. The van der Waals surface area contributed by atoms with E-state index in [9.17, 15) is 9.59 Å². The summed E-state index contributed by atoms with van der Waals surface area (Å²) in [5, 5.41) is 7.68. The van der Waals surface area contributed by atoms with Crippen LogP contribution in [0.2, 0.25) is 0 Å². The molecule has 31 heavy (non-hydrogen) atoms. The Balaban J connectivity index is 1.70. The molecule has 0 aromatic heterocycles. The molecule has 0 bridgehead atoms. The number of amides is 2. The number of anilines is 1. The van der Waals surface area contributed by atoms with Crippen LogP contribution in [-0.4, -0.2) is 11.8 Å². The molecular weight excluding hydrogens is 452 g/mol. The van der Waals surface area contributed by atoms with Crippen LogP contribution < -0.4 is 10.6 Å². The monoisotopic (exact) mass is 470 g/mol. The molecule has 0 fully saturated rings. The average molecular weight is 471 g/mol. The summed E-state index contributed by atoms with van der Waals surface area (Å²) in [5.41, 5.74) is 2.11. The van der Waals surface area contributed by atoms with Crippen molar-refractivity contribution in [1.29, 1.82) is 0 Å². The second-order valence-electron chi connectivity index (χ2n) is 6.91. The standard InChI is InChI=1S/C26H19BrN2O2/c27-21-13-15-22(16-14-21)28-26(31)24(29-25(30)19-8-2-1-3-9-19)17-20-11-6-10-18-7-4-5-12-23(18)20/h1-17H,(H,28,31)(H,29,30)/b24-17-. The smallest absolute Gasteiger partial charge is 0.272 e. The molecule has 0 saturated heterocycles. The number of halogens is 1. The van der Waals surface area contributed by atoms with Crippen molar-refractivity contribution in [2.75, 3.05) is 5.32 Å². The van der Waals surface area contributed by atoms with E-state index in [1.807, 2.05) is 60.7 Å². The second kappa shape index (κ2) is 9.41. The van der Waals surface area contributed by atoms with Gasteiger partial charge in [0.05, 0.1) is 0 Å². The normalized spacial score (nSPS) is 11.2. The highest BCUT2D eigenvalue weighted by Gasteiger charge is 2.15. The quantitative estimate of drug-likeness (QED) is 0.350. The summed E-state index contributed by atoms with van der Waals surface area (Å²) in [6.45, 7) is 0. The molecule has 4 nitrogen and oxygen atoms in total. The minimum Gasteiger partial charge on any atom is -0.321 e. The number of hydrogen-bond acceptors (Lipinski definition) is 2. The first-order chi connectivity index (χ1) is 15.1. The van der Waals surface area contributed by atoms with Gasteiger partial charge in [0.2, 0.25) is 0 Å². The van der Waals surface area contributed by atoms with Gasteiger partial charge >= 0.3 is 0 Å². The van der Waals surface area contributed by atoms with Crippen LogP contribution in [0.5, 0.6) is 0 Å². The van der Waals surface area contributed by atoms with Crippen LogP contribution in [0, 0.1) is 0 Å². The molecule has 4 rings (SSSR count). The summed E-state index contributed by atoms with van der Waals surface area (Å²) in [5.74, 6) is -0.752. The van der Waals surface area contributed by atoms with Crippen molar-refractivity contribution in [2.24, 2.45) is 0 Å². The van der Waals surface area contributed by atoms with Crippen LogP contribution in [0.15, 0.2) is 107 Å². The Kier molecular flexibility index (Phi) is 6.24. The van der Waals surface area contributed by atoms with Gasteiger partial charge in [0.15, 0.2) is 0 Å². The van der Waals surface area contributed by atoms with E-state index in [1.54, 1.807) is 42.5 Å². The zero-order valence-electron chi connectivity index (χ0n) is 16.5. The van der Waals surface area contributed by atoms with Gasteiger partial charge in [-0.2, -0.15) is 0 Å². The lowest BCUT2D eigenvalue weighted by molar-refractivity contribution is -0.113. The van der Waals surface area contributed by atoms with E-state index < -0.39 is 5.91 Å². The Labute approximate surface area is 188 Å². The first-order valence-electron chi connectivity index (χ1n) is 9.73. The largest absolute Gasteiger partial charge is 0.321 e. The van der Waals surface area contributed by atoms with E-state index >= 15 is 0 Å². The van der Waals surface area contributed by atoms with Crippen LogP contribution >= 0.6 is 15.9 Å². The van der Waals surface area contributed by atoms with E-state index in [4.69, 9.17) is 0 Å². The van der Waals surface area contributed by atoms with Crippen molar-refractivity contribution < 1.29 is 9.59 Å². The lowest BCUT2D eigenvalue weighted by Gasteiger charge is -2.12. The Hall–Kier alpha value is -3.70. The van der Waals surface area contributed by atoms with Gasteiger partial charge in [-0.3, -0.25) is 9.59 Å². The summed E-state index contributed by atoms with van der Waals surface area (Å²) < 4.78 is 0.911. The Morgan fingerprint density at radius 2 is 1.42 bits per heavy atom. The number of carbonyl (C=O) groups is 2. The van der Waals surface area contributed by atoms with Gasteiger partial charge in [-0.15, -0.1) is 0 Å². The predicted molar refractivity (Wildman–Crippen MR) is 129 cm³/mol. The zero-order valence-corrected chi connectivity index (χ0v) is 18.1. The highest BCUT2D eigenvalue weighted by Crippen LogP contribution is 2.21. The molecule has 2 amide bonds. The van der Waals surface area contributed by atoms with Gasteiger partial charge in [0.25, 0.3) is 11.8 Å². The molecule has 0 saturated carbocycles. The van der Waals surface area contributed by atoms with E-state index in [1.165, 1.54) is 0 Å². The van der Waals surface area contributed by atoms with Gasteiger partial charge in [-0.1, -0.05) is 76.6 Å². The summed E-state index contributed by atoms with van der Waals surface area (Å²) in [6.07, 6.45) is 1.71. The van der Waals surface area contributed by atoms with Crippen molar-refractivity contribution in [2.45, 2.75) is 0 Å². The molecule has 0 unspecified atom stereocenters. The summed E-state index contributed by atoms with van der Waals surface area (Å²) in [6, 6.07) is 29.8. The first kappa shape index (κ1) is 20.6. The van der Waals surface area contributed by atoms with Crippen LogP contribution in [0.1, 0.15) is 15.9 Å². The van der Waals surface area contributed by atoms with Crippen LogP contribution in [0.3, 0.4) is 0 Å². The number of benzene rings is 4. The molecule has 0 aliphatic heterocycles.